The summed E-state index contributed by atoms with van der Waals surface area (Å²) < 4.78 is 9.95. The Labute approximate surface area is 120 Å². The molecule has 0 aromatic heterocycles. The maximum Gasteiger partial charge on any atom is 0.340 e. The Kier molecular flexibility index (Phi) is 5.71. The normalized spacial score (nSPS) is 10.9. The van der Waals surface area contributed by atoms with Crippen LogP contribution in [-0.2, 0) is 19.7 Å². The average molecular weight is 274 g/mol. The number of rotatable bonds is 6. The molecule has 1 rings (SSSR count). The van der Waals surface area contributed by atoms with Crippen molar-refractivity contribution in [2.24, 2.45) is 0 Å². The second-order valence-corrected chi connectivity index (χ2v) is 5.52. The van der Waals surface area contributed by atoms with Gasteiger partial charge in [-0.2, -0.15) is 0 Å². The molecule has 0 amide bonds. The van der Waals surface area contributed by atoms with Gasteiger partial charge in [0, 0.05) is 0 Å². The van der Waals surface area contributed by atoms with Crippen molar-refractivity contribution < 1.29 is 14.3 Å². The molecule has 0 aliphatic carbocycles. The van der Waals surface area contributed by atoms with E-state index in [1.165, 1.54) is 5.56 Å². The largest absolute Gasteiger partial charge is 0.435 e. The summed E-state index contributed by atoms with van der Waals surface area (Å²) in [6.45, 7) is 13.9. The minimum Gasteiger partial charge on any atom is -0.435 e. The van der Waals surface area contributed by atoms with Gasteiger partial charge in [0.2, 0.25) is 0 Å². The molecule has 0 spiro atoms. The van der Waals surface area contributed by atoms with E-state index in [1.54, 1.807) is 6.08 Å². The van der Waals surface area contributed by atoms with Crippen LogP contribution in [0.5, 0.6) is 0 Å². The van der Waals surface area contributed by atoms with E-state index in [0.29, 0.717) is 12.2 Å². The molecule has 0 fully saturated rings. The van der Waals surface area contributed by atoms with Gasteiger partial charge in [0.15, 0.2) is 6.79 Å². The minimum atomic E-state index is -0.474. The van der Waals surface area contributed by atoms with Crippen LogP contribution in [0.15, 0.2) is 43.5 Å². The molecule has 0 N–H and O–H groups in total. The van der Waals surface area contributed by atoms with Crippen LogP contribution < -0.4 is 0 Å². The fourth-order valence-corrected chi connectivity index (χ4v) is 1.60. The molecule has 0 heterocycles. The van der Waals surface area contributed by atoms with Crippen LogP contribution in [0, 0.1) is 0 Å². The first-order valence-corrected chi connectivity index (χ1v) is 6.52. The van der Waals surface area contributed by atoms with Gasteiger partial charge in [-0.3, -0.25) is 0 Å². The van der Waals surface area contributed by atoms with E-state index in [0.717, 1.165) is 5.56 Å². The fraction of sp³-hybridized carbons (Fsp3) is 0.353. The van der Waals surface area contributed by atoms with Crippen LogP contribution in [0.3, 0.4) is 0 Å². The third-order valence-corrected chi connectivity index (χ3v) is 2.85. The molecule has 0 aliphatic rings. The highest BCUT2D eigenvalue weighted by Crippen LogP contribution is 2.24. The van der Waals surface area contributed by atoms with Crippen molar-refractivity contribution in [1.82, 2.24) is 0 Å². The summed E-state index contributed by atoms with van der Waals surface area (Å²) >= 11 is 0. The standard InChI is InChI=1S/C17H22O3/c1-6-11-19-12-20-16(18)13(2)14-7-9-15(10-8-14)17(3,4)5/h6-10H,1-2,11-12H2,3-5H3. The van der Waals surface area contributed by atoms with Crippen molar-refractivity contribution in [3.8, 4) is 0 Å². The van der Waals surface area contributed by atoms with E-state index in [-0.39, 0.29) is 12.2 Å². The van der Waals surface area contributed by atoms with E-state index in [1.807, 2.05) is 24.3 Å². The number of carbonyl (C=O) groups is 1. The number of ether oxygens (including phenoxy) is 2. The van der Waals surface area contributed by atoms with E-state index >= 15 is 0 Å². The molecule has 3 nitrogen and oxygen atoms in total. The topological polar surface area (TPSA) is 35.5 Å². The number of esters is 1. The number of benzene rings is 1. The lowest BCUT2D eigenvalue weighted by atomic mass is 9.86. The van der Waals surface area contributed by atoms with E-state index < -0.39 is 5.97 Å². The monoisotopic (exact) mass is 274 g/mol. The molecule has 0 unspecified atom stereocenters. The van der Waals surface area contributed by atoms with Crippen LogP contribution in [0.2, 0.25) is 0 Å². The molecule has 20 heavy (non-hydrogen) atoms. The average Bonchev–Trinajstić information content (AvgIpc) is 2.41. The van der Waals surface area contributed by atoms with Crippen molar-refractivity contribution in [1.29, 1.82) is 0 Å². The zero-order valence-electron chi connectivity index (χ0n) is 12.4. The first-order valence-electron chi connectivity index (χ1n) is 6.52. The second-order valence-electron chi connectivity index (χ2n) is 5.52. The lowest BCUT2D eigenvalue weighted by molar-refractivity contribution is -0.147. The van der Waals surface area contributed by atoms with Gasteiger partial charge in [-0.1, -0.05) is 57.7 Å². The quantitative estimate of drug-likeness (QED) is 0.261. The number of hydrogen-bond donors (Lipinski definition) is 0. The van der Waals surface area contributed by atoms with E-state index in [4.69, 9.17) is 9.47 Å². The highest BCUT2D eigenvalue weighted by Gasteiger charge is 2.15. The summed E-state index contributed by atoms with van der Waals surface area (Å²) in [7, 11) is 0. The van der Waals surface area contributed by atoms with Gasteiger partial charge in [-0.25, -0.2) is 4.79 Å². The van der Waals surface area contributed by atoms with Gasteiger partial charge in [0.1, 0.15) is 0 Å². The molecule has 3 heteroatoms. The van der Waals surface area contributed by atoms with Gasteiger partial charge >= 0.3 is 5.97 Å². The Hall–Kier alpha value is -1.87. The highest BCUT2D eigenvalue weighted by molar-refractivity contribution is 6.15. The molecular formula is C17H22O3. The van der Waals surface area contributed by atoms with Crippen molar-refractivity contribution >= 4 is 11.5 Å². The Morgan fingerprint density at radius 3 is 2.35 bits per heavy atom. The minimum absolute atomic E-state index is 0.0822. The lowest BCUT2D eigenvalue weighted by Gasteiger charge is -2.19. The zero-order valence-corrected chi connectivity index (χ0v) is 12.4. The van der Waals surface area contributed by atoms with Gasteiger partial charge in [-0.05, 0) is 16.5 Å². The Bertz CT molecular complexity index is 478. The Morgan fingerprint density at radius 2 is 1.85 bits per heavy atom. The molecule has 0 saturated carbocycles. The fourth-order valence-electron chi connectivity index (χ4n) is 1.60. The Balaban J connectivity index is 2.63. The maximum atomic E-state index is 11.8. The van der Waals surface area contributed by atoms with Crippen LogP contribution in [0.25, 0.3) is 5.57 Å². The van der Waals surface area contributed by atoms with Gasteiger partial charge in [0.25, 0.3) is 0 Å². The Morgan fingerprint density at radius 1 is 1.25 bits per heavy atom. The zero-order chi connectivity index (χ0) is 15.2. The van der Waals surface area contributed by atoms with Crippen molar-refractivity contribution in [3.63, 3.8) is 0 Å². The predicted molar refractivity (Wildman–Crippen MR) is 81.3 cm³/mol. The maximum absolute atomic E-state index is 11.8. The molecule has 108 valence electrons. The first-order chi connectivity index (χ1) is 9.36. The molecule has 0 atom stereocenters. The van der Waals surface area contributed by atoms with Gasteiger partial charge in [0.05, 0.1) is 12.2 Å². The van der Waals surface area contributed by atoms with Crippen molar-refractivity contribution in [2.45, 2.75) is 26.2 Å². The lowest BCUT2D eigenvalue weighted by Crippen LogP contribution is -2.12. The van der Waals surface area contributed by atoms with Gasteiger partial charge < -0.3 is 9.47 Å². The van der Waals surface area contributed by atoms with Crippen LogP contribution in [0.4, 0.5) is 0 Å². The molecular weight excluding hydrogens is 252 g/mol. The molecule has 0 aliphatic heterocycles. The number of carbonyl (C=O) groups excluding carboxylic acids is 1. The molecule has 0 bridgehead atoms. The summed E-state index contributed by atoms with van der Waals surface area (Å²) in [6.07, 6.45) is 1.59. The summed E-state index contributed by atoms with van der Waals surface area (Å²) in [4.78, 5) is 11.8. The smallest absolute Gasteiger partial charge is 0.340 e. The summed E-state index contributed by atoms with van der Waals surface area (Å²) in [5.74, 6) is -0.474. The van der Waals surface area contributed by atoms with Crippen molar-refractivity contribution in [3.05, 3.63) is 54.6 Å². The molecule has 0 radical (unpaired) electrons. The van der Waals surface area contributed by atoms with Crippen LogP contribution in [0.1, 0.15) is 31.9 Å². The predicted octanol–water partition coefficient (Wildman–Crippen LogP) is 3.70. The third kappa shape index (κ3) is 4.67. The summed E-state index contributed by atoms with van der Waals surface area (Å²) in [5.41, 5.74) is 2.37. The molecule has 1 aromatic rings. The van der Waals surface area contributed by atoms with Crippen LogP contribution >= 0.6 is 0 Å². The molecule has 1 aromatic carbocycles. The van der Waals surface area contributed by atoms with Gasteiger partial charge in [-0.15, -0.1) is 6.58 Å². The number of hydrogen-bond acceptors (Lipinski definition) is 3. The second kappa shape index (κ2) is 7.06. The third-order valence-electron chi connectivity index (χ3n) is 2.85. The highest BCUT2D eigenvalue weighted by atomic mass is 16.7. The SMILES string of the molecule is C=CCOCOC(=O)C(=C)c1ccc(C(C)(C)C)cc1. The van der Waals surface area contributed by atoms with Crippen LogP contribution in [-0.4, -0.2) is 19.4 Å². The summed E-state index contributed by atoms with van der Waals surface area (Å²) in [6, 6.07) is 7.77. The van der Waals surface area contributed by atoms with E-state index in [9.17, 15) is 4.79 Å². The van der Waals surface area contributed by atoms with Crippen molar-refractivity contribution in [2.75, 3.05) is 13.4 Å². The first kappa shape index (κ1) is 16.2. The summed E-state index contributed by atoms with van der Waals surface area (Å²) in [5, 5.41) is 0. The molecule has 0 saturated heterocycles. The van der Waals surface area contributed by atoms with E-state index in [2.05, 4.69) is 33.9 Å².